The fourth-order valence-corrected chi connectivity index (χ4v) is 5.28. The third-order valence-electron chi connectivity index (χ3n) is 7.47. The molecule has 0 amide bonds. The van der Waals surface area contributed by atoms with E-state index in [0.29, 0.717) is 0 Å². The summed E-state index contributed by atoms with van der Waals surface area (Å²) >= 11 is 0. The number of furan rings is 3. The summed E-state index contributed by atoms with van der Waals surface area (Å²) in [5.41, 5.74) is 8.50. The molecule has 272 valence electrons. The van der Waals surface area contributed by atoms with Crippen LogP contribution in [0.15, 0.2) is 172 Å². The summed E-state index contributed by atoms with van der Waals surface area (Å²) in [6, 6.07) is 43.5. The minimum absolute atomic E-state index is 0. The van der Waals surface area contributed by atoms with Crippen molar-refractivity contribution in [3.63, 3.8) is 0 Å². The molecule has 0 aliphatic heterocycles. The van der Waals surface area contributed by atoms with Gasteiger partial charge in [0.15, 0.2) is 0 Å². The maximum atomic E-state index is 9.96. The number of pyridine rings is 3. The van der Waals surface area contributed by atoms with Crippen molar-refractivity contribution >= 4 is 38.7 Å². The van der Waals surface area contributed by atoms with E-state index < -0.39 is 0 Å². The van der Waals surface area contributed by atoms with Crippen molar-refractivity contribution < 1.29 is 63.4 Å². The number of aliphatic hydroxyl groups excluding tert-OH is 1. The predicted octanol–water partition coefficient (Wildman–Crippen LogP) is 10.9. The molecular weight excluding hydrogens is 1030 g/mol. The summed E-state index contributed by atoms with van der Waals surface area (Å²) in [4.78, 5) is 23.1. The van der Waals surface area contributed by atoms with E-state index in [9.17, 15) is 4.79 Å². The van der Waals surface area contributed by atoms with Gasteiger partial charge in [-0.15, -0.1) is 71.8 Å². The van der Waals surface area contributed by atoms with Gasteiger partial charge in [-0.3, -0.25) is 4.98 Å². The zero-order valence-electron chi connectivity index (χ0n) is 29.0. The molecule has 3 aromatic carbocycles. The normalized spacial score (nSPS) is 10.2. The van der Waals surface area contributed by atoms with E-state index in [0.717, 1.165) is 66.7 Å². The molecule has 0 aliphatic rings. The number of aliphatic hydroxyl groups is 1. The van der Waals surface area contributed by atoms with Gasteiger partial charge in [0.25, 0.3) is 0 Å². The monoisotopic (exact) mass is 1070 g/mol. The first-order valence-corrected chi connectivity index (χ1v) is 16.2. The molecule has 6 heterocycles. The number of hydrogen-bond acceptors (Lipinski definition) is 8. The summed E-state index contributed by atoms with van der Waals surface area (Å²) < 4.78 is 16.0. The molecule has 10 heteroatoms. The minimum Gasteiger partial charge on any atom is -0.472 e. The Morgan fingerprint density at radius 3 is 1.33 bits per heavy atom. The Morgan fingerprint density at radius 2 is 0.963 bits per heavy atom. The Hall–Kier alpha value is -5.85. The van der Waals surface area contributed by atoms with Gasteiger partial charge in [-0.2, -0.15) is 0 Å². The maximum absolute atomic E-state index is 9.96. The van der Waals surface area contributed by atoms with Gasteiger partial charge in [-0.25, -0.2) is 4.79 Å². The zero-order valence-corrected chi connectivity index (χ0v) is 33.8. The first-order valence-electron chi connectivity index (χ1n) is 16.2. The Bertz CT molecular complexity index is 2270. The van der Waals surface area contributed by atoms with Gasteiger partial charge in [0.05, 0.1) is 31.4 Å². The summed E-state index contributed by atoms with van der Waals surface area (Å²) in [5.74, 6) is -0.312. The fraction of sp³-hybridized carbons (Fsp3) is 0.0455. The first-order chi connectivity index (χ1) is 25.5. The van der Waals surface area contributed by atoms with E-state index in [1.807, 2.05) is 103 Å². The number of aromatic nitrogens is 3. The number of benzene rings is 3. The Balaban J connectivity index is 0.000000164. The van der Waals surface area contributed by atoms with Crippen LogP contribution >= 0.6 is 0 Å². The maximum Gasteiger partial charge on any atom is 0.392 e. The topological polar surface area (TPSA) is 115 Å². The molecule has 0 saturated carbocycles. The van der Waals surface area contributed by atoms with E-state index in [-0.39, 0.29) is 51.8 Å². The molecular formula is C44H32Ir2N3O5-. The van der Waals surface area contributed by atoms with E-state index in [2.05, 4.69) is 45.3 Å². The van der Waals surface area contributed by atoms with Crippen molar-refractivity contribution in [2.24, 2.45) is 0 Å². The van der Waals surface area contributed by atoms with Crippen molar-refractivity contribution in [2.45, 2.75) is 13.8 Å². The largest absolute Gasteiger partial charge is 0.472 e. The van der Waals surface area contributed by atoms with Crippen molar-refractivity contribution in [3.05, 3.63) is 177 Å². The van der Waals surface area contributed by atoms with E-state index in [1.54, 1.807) is 37.4 Å². The summed E-state index contributed by atoms with van der Waals surface area (Å²) in [5, 5.41) is 11.4. The van der Waals surface area contributed by atoms with Crippen LogP contribution in [0.1, 0.15) is 13.8 Å². The van der Waals surface area contributed by atoms with Gasteiger partial charge in [0.1, 0.15) is 16.7 Å². The Morgan fingerprint density at radius 1 is 0.556 bits per heavy atom. The van der Waals surface area contributed by atoms with Gasteiger partial charge in [0, 0.05) is 87.4 Å². The number of fused-ring (bicyclic) bond motifs is 3. The smallest absolute Gasteiger partial charge is 0.392 e. The van der Waals surface area contributed by atoms with Crippen LogP contribution < -0.4 is 0 Å². The molecule has 9 rings (SSSR count). The van der Waals surface area contributed by atoms with Crippen LogP contribution in [0.5, 0.6) is 0 Å². The summed E-state index contributed by atoms with van der Waals surface area (Å²) in [6.45, 7) is 2.74. The number of carbonyl (C=O) groups is 1. The third-order valence-corrected chi connectivity index (χ3v) is 7.47. The molecule has 0 atom stereocenters. The van der Waals surface area contributed by atoms with Crippen LogP contribution in [0.2, 0.25) is 0 Å². The second-order valence-corrected chi connectivity index (χ2v) is 11.2. The number of Topliss-reactive ketones (excluding diaryl/α,β-unsaturated/α-hetero) is 1. The molecule has 0 bridgehead atoms. The third kappa shape index (κ3) is 10.6. The number of nitrogens with zero attached hydrogens (tertiary/aromatic N) is 3. The van der Waals surface area contributed by atoms with Crippen LogP contribution in [0.25, 0.3) is 66.7 Å². The summed E-state index contributed by atoms with van der Waals surface area (Å²) in [7, 11) is 0. The standard InChI is InChI=1S/C13H9NO.2C13H8NO.C5H6O2.2Ir/c3*1-2-4-10(5-3-1)13-11-7-9-15-12(11)6-8-14-13;1-4(6)3-5(2)7;;/h1-9H;2*1-4,6-9H;1-2H3;;/q;2*-1;;;/p+1. The van der Waals surface area contributed by atoms with Gasteiger partial charge in [-0.05, 0) is 47.8 Å². The van der Waals surface area contributed by atoms with Gasteiger partial charge in [-0.1, -0.05) is 30.3 Å². The van der Waals surface area contributed by atoms with Crippen molar-refractivity contribution in [2.75, 3.05) is 0 Å². The molecule has 0 unspecified atom stereocenters. The Labute approximate surface area is 339 Å². The molecule has 54 heavy (non-hydrogen) atoms. The quantitative estimate of drug-likeness (QED) is 0.105. The number of allylic oxidation sites excluding steroid dienone is 2. The second-order valence-electron chi connectivity index (χ2n) is 11.2. The number of ketones is 1. The van der Waals surface area contributed by atoms with E-state index in [4.69, 9.17) is 18.4 Å². The average molecular weight is 1070 g/mol. The number of carbonyl (C=O) groups excluding carboxylic acids is 1. The summed E-state index contributed by atoms with van der Waals surface area (Å²) in [6.07, 6.45) is 12.5. The van der Waals surface area contributed by atoms with Crippen LogP contribution in [-0.2, 0) is 45.0 Å². The Kier molecular flexibility index (Phi) is 15.5. The zero-order chi connectivity index (χ0) is 36.1. The number of hydrogen-bond donors (Lipinski definition) is 1. The van der Waals surface area contributed by atoms with Crippen LogP contribution in [-0.4, -0.2) is 25.8 Å². The predicted molar refractivity (Wildman–Crippen MR) is 202 cm³/mol. The molecule has 8 nitrogen and oxygen atoms in total. The molecule has 0 aliphatic carbocycles. The van der Waals surface area contributed by atoms with Crippen LogP contribution in [0.3, 0.4) is 0 Å². The first kappa shape index (κ1) is 40.9. The van der Waals surface area contributed by atoms with Crippen LogP contribution in [0, 0.1) is 18.2 Å². The number of rotatable bonds is 4. The SMILES string of the molecule is CC(=O)[C+]=C(C)O.[Ir].[Ir].[c-]1ccccc1-c1nccc2occc12.[c-]1ccccc1-c1nccc2occc12.c1ccc(-c2nccc3occc23)cc1. The molecule has 1 N–H and O–H groups in total. The van der Waals surface area contributed by atoms with Gasteiger partial charge < -0.3 is 28.3 Å². The van der Waals surface area contributed by atoms with Crippen LogP contribution in [0.4, 0.5) is 0 Å². The molecule has 2 radical (unpaired) electrons. The van der Waals surface area contributed by atoms with Crippen molar-refractivity contribution in [3.8, 4) is 33.8 Å². The second kappa shape index (κ2) is 20.4. The molecule has 0 fully saturated rings. The minimum atomic E-state index is -0.250. The molecule has 0 spiro atoms. The average Bonchev–Trinajstić information content (AvgIpc) is 3.97. The van der Waals surface area contributed by atoms with Gasteiger partial charge >= 0.3 is 17.6 Å². The van der Waals surface area contributed by atoms with Gasteiger partial charge in [0.2, 0.25) is 0 Å². The van der Waals surface area contributed by atoms with Crippen molar-refractivity contribution in [1.29, 1.82) is 0 Å². The van der Waals surface area contributed by atoms with E-state index >= 15 is 0 Å². The fourth-order valence-electron chi connectivity index (χ4n) is 5.28. The molecule has 0 saturated heterocycles. The van der Waals surface area contributed by atoms with E-state index in [1.165, 1.54) is 13.8 Å². The molecule has 6 aromatic heterocycles. The molecule has 9 aromatic rings. The van der Waals surface area contributed by atoms with Crippen molar-refractivity contribution in [1.82, 2.24) is 15.0 Å².